The molecule has 2 aliphatic heterocycles. The Morgan fingerprint density at radius 1 is 1.10 bits per heavy atom. The lowest BCUT2D eigenvalue weighted by molar-refractivity contribution is 0.0674. The van der Waals surface area contributed by atoms with Crippen LogP contribution in [-0.4, -0.2) is 60.9 Å². The first-order valence-electron chi connectivity index (χ1n) is 10.7. The average Bonchev–Trinajstić information content (AvgIpc) is 3.05. The molecule has 0 radical (unpaired) electrons. The van der Waals surface area contributed by atoms with Gasteiger partial charge in [0.2, 0.25) is 10.0 Å². The van der Waals surface area contributed by atoms with Gasteiger partial charge in [-0.2, -0.15) is 4.31 Å². The first-order valence-corrected chi connectivity index (χ1v) is 12.5. The molecule has 2 aliphatic rings. The quantitative estimate of drug-likeness (QED) is 0.693. The number of likely N-dealkylation sites (tertiary alicyclic amines) is 1. The van der Waals surface area contributed by atoms with Crippen molar-refractivity contribution < 1.29 is 17.9 Å². The first kappa shape index (κ1) is 22.3. The summed E-state index contributed by atoms with van der Waals surface area (Å²) in [5.41, 5.74) is 1.43. The summed E-state index contributed by atoms with van der Waals surface area (Å²) in [7, 11) is -1.82. The molecule has 168 valence electrons. The van der Waals surface area contributed by atoms with Crippen LogP contribution in [0.5, 0.6) is 0 Å². The Hall–Kier alpha value is -1.87. The number of aromatic nitrogens is 1. The molecular formula is C22H28ClN3O4S. The van der Waals surface area contributed by atoms with Crippen LogP contribution in [0, 0.1) is 0 Å². The second-order valence-corrected chi connectivity index (χ2v) is 10.4. The van der Waals surface area contributed by atoms with Crippen LogP contribution in [0.25, 0.3) is 0 Å². The molecule has 0 bridgehead atoms. The number of hydrogen-bond acceptors (Lipinski definition) is 4. The fourth-order valence-corrected chi connectivity index (χ4v) is 6.31. The van der Waals surface area contributed by atoms with Crippen molar-refractivity contribution >= 4 is 27.5 Å². The second-order valence-electron chi connectivity index (χ2n) is 8.07. The van der Waals surface area contributed by atoms with Gasteiger partial charge in [0, 0.05) is 44.1 Å². The van der Waals surface area contributed by atoms with Gasteiger partial charge < -0.3 is 14.2 Å². The number of nitrogens with zero attached hydrogens (tertiary/aromatic N) is 3. The highest BCUT2D eigenvalue weighted by Crippen LogP contribution is 2.33. The maximum absolute atomic E-state index is 13.6. The molecule has 0 N–H and O–H groups in total. The van der Waals surface area contributed by atoms with E-state index in [9.17, 15) is 13.2 Å². The standard InChI is InChI=1S/C22H28ClN3O4S/c1-24-10-5-7-19(24)20-6-3-2-4-11-26(20)22(27)17-8-9-18(23)21(16-17)31(28,29)25-12-14-30-15-13-25/h5,7-10,16,20H,2-4,6,11-15H2,1H3. The third-order valence-corrected chi connectivity index (χ3v) is 8.49. The van der Waals surface area contributed by atoms with Crippen molar-refractivity contribution in [2.45, 2.75) is 36.6 Å². The van der Waals surface area contributed by atoms with E-state index in [-0.39, 0.29) is 35.0 Å². The third-order valence-electron chi connectivity index (χ3n) is 6.11. The lowest BCUT2D eigenvalue weighted by atomic mass is 10.1. The highest BCUT2D eigenvalue weighted by molar-refractivity contribution is 7.89. The van der Waals surface area contributed by atoms with E-state index in [4.69, 9.17) is 16.3 Å². The van der Waals surface area contributed by atoms with Crippen LogP contribution in [0.3, 0.4) is 0 Å². The molecule has 2 saturated heterocycles. The molecule has 31 heavy (non-hydrogen) atoms. The Bertz CT molecular complexity index is 1050. The van der Waals surface area contributed by atoms with E-state index >= 15 is 0 Å². The number of carbonyl (C=O) groups excluding carboxylic acids is 1. The molecule has 1 aromatic carbocycles. The van der Waals surface area contributed by atoms with Gasteiger partial charge in [0.1, 0.15) is 4.90 Å². The van der Waals surface area contributed by atoms with E-state index in [1.54, 1.807) is 6.07 Å². The van der Waals surface area contributed by atoms with Crippen molar-refractivity contribution in [3.8, 4) is 0 Å². The van der Waals surface area contributed by atoms with E-state index in [1.807, 2.05) is 34.8 Å². The number of rotatable bonds is 4. The zero-order chi connectivity index (χ0) is 22.0. The number of sulfonamides is 1. The molecule has 0 aliphatic carbocycles. The summed E-state index contributed by atoms with van der Waals surface area (Å²) in [6.07, 6.45) is 5.92. The van der Waals surface area contributed by atoms with Gasteiger partial charge in [0.05, 0.1) is 24.3 Å². The van der Waals surface area contributed by atoms with Gasteiger partial charge in [-0.25, -0.2) is 8.42 Å². The van der Waals surface area contributed by atoms with Crippen molar-refractivity contribution in [1.29, 1.82) is 0 Å². The lowest BCUT2D eigenvalue weighted by Gasteiger charge is -2.31. The summed E-state index contributed by atoms with van der Waals surface area (Å²) in [5, 5.41) is 0.123. The molecule has 2 aromatic rings. The Labute approximate surface area is 188 Å². The fourth-order valence-electron chi connectivity index (χ4n) is 4.41. The predicted molar refractivity (Wildman–Crippen MR) is 119 cm³/mol. The molecule has 2 fully saturated rings. The molecule has 7 nitrogen and oxygen atoms in total. The summed E-state index contributed by atoms with van der Waals surface area (Å²) in [4.78, 5) is 15.4. The SMILES string of the molecule is Cn1cccc1C1CCCCCN1C(=O)c1ccc(Cl)c(S(=O)(=O)N2CCOCC2)c1. The van der Waals surface area contributed by atoms with E-state index < -0.39 is 10.0 Å². The summed E-state index contributed by atoms with van der Waals surface area (Å²) >= 11 is 6.28. The van der Waals surface area contributed by atoms with Gasteiger partial charge in [0.15, 0.2) is 0 Å². The van der Waals surface area contributed by atoms with E-state index in [2.05, 4.69) is 0 Å². The maximum atomic E-state index is 13.6. The monoisotopic (exact) mass is 465 g/mol. The lowest BCUT2D eigenvalue weighted by Crippen LogP contribution is -2.41. The molecule has 1 aromatic heterocycles. The van der Waals surface area contributed by atoms with Crippen molar-refractivity contribution in [1.82, 2.24) is 13.8 Å². The van der Waals surface area contributed by atoms with Crippen LogP contribution in [0.1, 0.15) is 47.8 Å². The molecule has 0 spiro atoms. The predicted octanol–water partition coefficient (Wildman–Crippen LogP) is 3.46. The summed E-state index contributed by atoms with van der Waals surface area (Å²) < 4.78 is 35.0. The smallest absolute Gasteiger partial charge is 0.254 e. The summed E-state index contributed by atoms with van der Waals surface area (Å²) in [5.74, 6) is -0.164. The van der Waals surface area contributed by atoms with Gasteiger partial charge in [0.25, 0.3) is 5.91 Å². The van der Waals surface area contributed by atoms with Crippen molar-refractivity contribution in [3.63, 3.8) is 0 Å². The van der Waals surface area contributed by atoms with Gasteiger partial charge in [-0.15, -0.1) is 0 Å². The Balaban J connectivity index is 1.67. The van der Waals surface area contributed by atoms with Crippen molar-refractivity contribution in [3.05, 3.63) is 52.8 Å². The van der Waals surface area contributed by atoms with Crippen molar-refractivity contribution in [2.75, 3.05) is 32.8 Å². The van der Waals surface area contributed by atoms with Crippen LogP contribution < -0.4 is 0 Å². The summed E-state index contributed by atoms with van der Waals surface area (Å²) in [6.45, 7) is 1.89. The summed E-state index contributed by atoms with van der Waals surface area (Å²) in [6, 6.07) is 8.56. The molecule has 1 unspecified atom stereocenters. The Morgan fingerprint density at radius 3 is 2.58 bits per heavy atom. The van der Waals surface area contributed by atoms with Gasteiger partial charge in [-0.1, -0.05) is 24.4 Å². The first-order chi connectivity index (χ1) is 14.9. The van der Waals surface area contributed by atoms with Gasteiger partial charge in [-0.3, -0.25) is 4.79 Å². The number of aryl methyl sites for hydroxylation is 1. The minimum Gasteiger partial charge on any atom is -0.379 e. The Kier molecular flexibility index (Phi) is 6.71. The molecule has 0 saturated carbocycles. The topological polar surface area (TPSA) is 71.9 Å². The molecule has 3 heterocycles. The molecule has 4 rings (SSSR count). The highest BCUT2D eigenvalue weighted by Gasteiger charge is 2.32. The second kappa shape index (κ2) is 9.32. The van der Waals surface area contributed by atoms with E-state index in [1.165, 1.54) is 16.4 Å². The number of ether oxygens (including phenoxy) is 1. The average molecular weight is 466 g/mol. The normalized spacial score (nSPS) is 21.1. The van der Waals surface area contributed by atoms with Crippen LogP contribution in [0.15, 0.2) is 41.4 Å². The third kappa shape index (κ3) is 4.53. The molecule has 9 heteroatoms. The number of amides is 1. The Morgan fingerprint density at radius 2 is 1.87 bits per heavy atom. The minimum absolute atomic E-state index is 0.0212. The van der Waals surface area contributed by atoms with Crippen LogP contribution in [0.4, 0.5) is 0 Å². The highest BCUT2D eigenvalue weighted by atomic mass is 35.5. The number of carbonyl (C=O) groups is 1. The fraction of sp³-hybridized carbons (Fsp3) is 0.500. The molecule has 1 atom stereocenters. The largest absolute Gasteiger partial charge is 0.379 e. The van der Waals surface area contributed by atoms with Crippen LogP contribution in [-0.2, 0) is 21.8 Å². The maximum Gasteiger partial charge on any atom is 0.254 e. The van der Waals surface area contributed by atoms with Crippen LogP contribution >= 0.6 is 11.6 Å². The molecular weight excluding hydrogens is 438 g/mol. The number of halogens is 1. The number of morpholine rings is 1. The van der Waals surface area contributed by atoms with Crippen LogP contribution in [0.2, 0.25) is 5.02 Å². The molecule has 1 amide bonds. The van der Waals surface area contributed by atoms with E-state index in [0.29, 0.717) is 25.3 Å². The zero-order valence-electron chi connectivity index (χ0n) is 17.7. The number of benzene rings is 1. The minimum atomic E-state index is -3.80. The van der Waals surface area contributed by atoms with E-state index in [0.717, 1.165) is 31.4 Å². The van der Waals surface area contributed by atoms with Crippen molar-refractivity contribution in [2.24, 2.45) is 7.05 Å². The van der Waals surface area contributed by atoms with Gasteiger partial charge in [-0.05, 0) is 43.2 Å². The number of hydrogen-bond donors (Lipinski definition) is 0. The van der Waals surface area contributed by atoms with Gasteiger partial charge >= 0.3 is 0 Å². The zero-order valence-corrected chi connectivity index (χ0v) is 19.2.